The van der Waals surface area contributed by atoms with Gasteiger partial charge in [-0.05, 0) is 67.5 Å². The van der Waals surface area contributed by atoms with Gasteiger partial charge >= 0.3 is 23.9 Å². The number of hydrogen-bond donors (Lipinski definition) is 7. The first-order valence-corrected chi connectivity index (χ1v) is 16.5. The average Bonchev–Trinajstić information content (AvgIpc) is 3.09. The van der Waals surface area contributed by atoms with E-state index >= 15 is 0 Å². The Labute approximate surface area is 299 Å². The molecule has 14 heteroatoms. The van der Waals surface area contributed by atoms with E-state index in [9.17, 15) is 48.9 Å². The van der Waals surface area contributed by atoms with Crippen LogP contribution in [0.25, 0.3) is 5.57 Å². The summed E-state index contributed by atoms with van der Waals surface area (Å²) in [5.74, 6) is 3.13. The third-order valence-corrected chi connectivity index (χ3v) is 7.78. The molecular weight excluding hydrogens is 674 g/mol. The van der Waals surface area contributed by atoms with Crippen molar-refractivity contribution in [3.63, 3.8) is 0 Å². The fourth-order valence-corrected chi connectivity index (χ4v) is 5.27. The number of unbranched alkanes of at least 4 members (excludes halogenated alkanes) is 1. The lowest BCUT2D eigenvalue weighted by atomic mass is 9.87. The second-order valence-electron chi connectivity index (χ2n) is 11.9. The summed E-state index contributed by atoms with van der Waals surface area (Å²) in [7, 11) is 0. The van der Waals surface area contributed by atoms with Gasteiger partial charge in [-0.25, -0.2) is 4.79 Å². The zero-order valence-corrected chi connectivity index (χ0v) is 28.1. The van der Waals surface area contributed by atoms with Crippen LogP contribution in [-0.4, -0.2) is 80.2 Å². The van der Waals surface area contributed by atoms with Crippen LogP contribution in [0, 0.1) is 23.7 Å². The van der Waals surface area contributed by atoms with Gasteiger partial charge < -0.3 is 36.4 Å². The van der Waals surface area contributed by atoms with Gasteiger partial charge in [-0.2, -0.15) is 0 Å². The minimum atomic E-state index is -1.94. The molecule has 3 rings (SSSR count). The molecule has 3 atom stereocenters. The van der Waals surface area contributed by atoms with Crippen LogP contribution in [0.1, 0.15) is 80.9 Å². The van der Waals surface area contributed by atoms with Crippen molar-refractivity contribution in [2.24, 2.45) is 0 Å². The predicted octanol–water partition coefficient (Wildman–Crippen LogP) is 2.55. The lowest BCUT2D eigenvalue weighted by Gasteiger charge is -2.22. The van der Waals surface area contributed by atoms with E-state index < -0.39 is 79.0 Å². The first-order chi connectivity index (χ1) is 24.8. The van der Waals surface area contributed by atoms with Crippen molar-refractivity contribution < 1.29 is 54.0 Å². The molecule has 272 valence electrons. The van der Waals surface area contributed by atoms with Crippen molar-refractivity contribution in [1.29, 1.82) is 0 Å². The molecule has 1 aliphatic carbocycles. The van der Waals surface area contributed by atoms with Crippen LogP contribution in [0.2, 0.25) is 0 Å². The van der Waals surface area contributed by atoms with Gasteiger partial charge in [-0.15, -0.1) is 0 Å². The number of carbonyl (C=O) groups excluding carboxylic acids is 3. The van der Waals surface area contributed by atoms with Gasteiger partial charge in [-0.1, -0.05) is 54.0 Å². The van der Waals surface area contributed by atoms with Crippen molar-refractivity contribution >= 4 is 47.2 Å². The van der Waals surface area contributed by atoms with Crippen LogP contribution in [-0.2, 0) is 33.6 Å². The van der Waals surface area contributed by atoms with Crippen LogP contribution in [0.15, 0.2) is 60.2 Å². The summed E-state index contributed by atoms with van der Waals surface area (Å²) >= 11 is 0. The van der Waals surface area contributed by atoms with Crippen LogP contribution < -0.4 is 16.0 Å². The molecule has 2 aromatic rings. The van der Waals surface area contributed by atoms with Crippen LogP contribution in [0.4, 0.5) is 0 Å². The van der Waals surface area contributed by atoms with Crippen molar-refractivity contribution in [1.82, 2.24) is 16.0 Å². The summed E-state index contributed by atoms with van der Waals surface area (Å²) in [4.78, 5) is 83.2. The van der Waals surface area contributed by atoms with Gasteiger partial charge in [0.2, 0.25) is 17.7 Å². The van der Waals surface area contributed by atoms with Gasteiger partial charge in [-0.3, -0.25) is 28.8 Å². The number of hydrogen-bond acceptors (Lipinski definition) is 7. The molecule has 3 amide bonds. The smallest absolute Gasteiger partial charge is 0.326 e. The molecule has 0 aromatic heterocycles. The minimum absolute atomic E-state index is 0.136. The summed E-state index contributed by atoms with van der Waals surface area (Å²) in [6, 6.07) is 12.1. The minimum Gasteiger partial charge on any atom is -0.481 e. The van der Waals surface area contributed by atoms with Gasteiger partial charge in [0.05, 0.1) is 19.3 Å². The second-order valence-corrected chi connectivity index (χ2v) is 11.9. The highest BCUT2D eigenvalue weighted by Gasteiger charge is 2.32. The number of aliphatic carboxylic acids is 4. The molecule has 0 unspecified atom stereocenters. The maximum atomic E-state index is 12.9. The third-order valence-electron chi connectivity index (χ3n) is 7.78. The van der Waals surface area contributed by atoms with Gasteiger partial charge in [0.15, 0.2) is 0 Å². The van der Waals surface area contributed by atoms with E-state index in [1.807, 2.05) is 65.2 Å². The Morgan fingerprint density at radius 2 is 1.21 bits per heavy atom. The Morgan fingerprint density at radius 1 is 0.635 bits per heavy atom. The highest BCUT2D eigenvalue weighted by Crippen LogP contribution is 2.32. The summed E-state index contributed by atoms with van der Waals surface area (Å²) in [5.41, 5.74) is 5.10. The maximum absolute atomic E-state index is 12.9. The summed E-state index contributed by atoms with van der Waals surface area (Å²) in [6.07, 6.45) is 1.38. The Balaban J connectivity index is 1.60. The van der Waals surface area contributed by atoms with Crippen molar-refractivity contribution in [2.75, 3.05) is 0 Å². The number of carbonyl (C=O) groups is 7. The van der Waals surface area contributed by atoms with Gasteiger partial charge in [0.1, 0.15) is 18.1 Å². The molecule has 2 aromatic carbocycles. The Hall–Kier alpha value is -6.41. The zero-order valence-electron chi connectivity index (χ0n) is 28.1. The molecule has 1 aliphatic rings. The van der Waals surface area contributed by atoms with Crippen molar-refractivity contribution in [3.05, 3.63) is 76.9 Å². The quantitative estimate of drug-likeness (QED) is 0.0986. The molecule has 0 bridgehead atoms. The van der Waals surface area contributed by atoms with E-state index in [4.69, 9.17) is 5.11 Å². The Morgan fingerprint density at radius 3 is 1.85 bits per heavy atom. The molecule has 52 heavy (non-hydrogen) atoms. The molecule has 0 saturated heterocycles. The average molecular weight is 714 g/mol. The summed E-state index contributed by atoms with van der Waals surface area (Å²) < 4.78 is 0. The summed E-state index contributed by atoms with van der Waals surface area (Å²) in [5, 5.41) is 42.7. The summed E-state index contributed by atoms with van der Waals surface area (Å²) in [6.45, 7) is 0. The fraction of sp³-hybridized carbons (Fsp3) is 0.342. The highest BCUT2D eigenvalue weighted by molar-refractivity contribution is 5.96. The lowest BCUT2D eigenvalue weighted by molar-refractivity contribution is -0.148. The van der Waals surface area contributed by atoms with Crippen LogP contribution >= 0.6 is 0 Å². The number of nitrogens with one attached hydrogen (secondary N) is 3. The molecule has 0 fully saturated rings. The van der Waals surface area contributed by atoms with Crippen LogP contribution in [0.5, 0.6) is 0 Å². The molecule has 0 radical (unpaired) electrons. The monoisotopic (exact) mass is 713 g/mol. The number of rotatable bonds is 16. The van der Waals surface area contributed by atoms with Crippen LogP contribution in [0.3, 0.4) is 0 Å². The molecule has 0 heterocycles. The molecule has 0 spiro atoms. The van der Waals surface area contributed by atoms with Gasteiger partial charge in [0.25, 0.3) is 0 Å². The third kappa shape index (κ3) is 13.8. The van der Waals surface area contributed by atoms with Gasteiger partial charge in [0, 0.05) is 29.5 Å². The van der Waals surface area contributed by atoms with E-state index in [1.165, 1.54) is 5.57 Å². The van der Waals surface area contributed by atoms with Crippen molar-refractivity contribution in [3.8, 4) is 23.7 Å². The number of amides is 3. The van der Waals surface area contributed by atoms with E-state index in [0.29, 0.717) is 6.42 Å². The second kappa shape index (κ2) is 20.3. The molecule has 0 aliphatic heterocycles. The first-order valence-electron chi connectivity index (χ1n) is 16.5. The molecule has 0 saturated carbocycles. The Bertz CT molecular complexity index is 1830. The normalized spacial score (nSPS) is 13.8. The topological polar surface area (TPSA) is 236 Å². The largest absolute Gasteiger partial charge is 0.481 e. The van der Waals surface area contributed by atoms with E-state index in [1.54, 1.807) is 0 Å². The molecule has 14 nitrogen and oxygen atoms in total. The lowest BCUT2D eigenvalue weighted by Crippen LogP contribution is -2.56. The number of carboxylic acids is 4. The number of carboxylic acid groups (broad SMARTS) is 4. The first kappa shape index (κ1) is 40.0. The maximum Gasteiger partial charge on any atom is 0.326 e. The predicted molar refractivity (Wildman–Crippen MR) is 186 cm³/mol. The SMILES string of the molecule is O=C(O)C[C@H](NC(=O)[C@H](CC(=O)O)NC(=O)[C@H](CC(=O)O)NC(=O)CCCC#Cc1cccc(C2=C(C#Cc3ccccc3)CCCC2)c1)C(=O)O. The number of allylic oxidation sites excluding steroid dienone is 2. The molecular formula is C38H39N3O11. The van der Waals surface area contributed by atoms with Crippen molar-refractivity contribution in [2.45, 2.75) is 82.3 Å². The van der Waals surface area contributed by atoms with E-state index in [-0.39, 0.29) is 12.8 Å². The fourth-order valence-electron chi connectivity index (χ4n) is 5.27. The molecule has 7 N–H and O–H groups in total. The highest BCUT2D eigenvalue weighted by atomic mass is 16.4. The number of benzene rings is 2. The zero-order chi connectivity index (χ0) is 38.0. The van der Waals surface area contributed by atoms with E-state index in [2.05, 4.69) is 29.0 Å². The van der Waals surface area contributed by atoms with E-state index in [0.717, 1.165) is 47.9 Å². The standard InChI is InChI=1S/C38H39N3O11/c42-32(39-29(21-33(43)44)36(49)40-30(22-34(45)46)37(50)41-31(38(51)52)23-35(47)48)17-6-2-5-12-25-13-9-15-27(20-25)28-16-8-7-14-26(28)19-18-24-10-3-1-4-11-24/h1,3-4,9-11,13,15,20,29-31H,2,6-8,14,16-17,21-23H2,(H,39,42)(H,40,49)(H,41,50)(H,43,44)(H,45,46)(H,47,48)(H,51,52)/t29-,30-,31-/m0/s1. The Kier molecular flexibility index (Phi) is 15.6.